The smallest absolute Gasteiger partial charge is 0.335 e. The first-order valence-corrected chi connectivity index (χ1v) is 3.83. The summed E-state index contributed by atoms with van der Waals surface area (Å²) in [6.07, 6.45) is -1.31. The highest BCUT2D eigenvalue weighted by atomic mass is 19.1. The largest absolute Gasteiger partial charge is 0.478 e. The molecule has 0 aromatic heterocycles. The second kappa shape index (κ2) is 3.71. The number of aliphatic hydroxyl groups excluding tert-OH is 1. The topological polar surface area (TPSA) is 57.5 Å². The lowest BCUT2D eigenvalue weighted by molar-refractivity contribution is 0.0695. The molecule has 5 heteroatoms. The Labute approximate surface area is 78.6 Å². The highest BCUT2D eigenvalue weighted by Gasteiger charge is 2.17. The fourth-order valence-corrected chi connectivity index (χ4v) is 1.11. The fraction of sp³-hybridized carbons (Fsp3) is 0.222. The number of benzene rings is 1. The van der Waals surface area contributed by atoms with Crippen LogP contribution < -0.4 is 0 Å². The highest BCUT2D eigenvalue weighted by molar-refractivity contribution is 5.87. The highest BCUT2D eigenvalue weighted by Crippen LogP contribution is 2.21. The maximum Gasteiger partial charge on any atom is 0.335 e. The van der Waals surface area contributed by atoms with Crippen LogP contribution in [-0.4, -0.2) is 16.2 Å². The molecule has 0 saturated heterocycles. The van der Waals surface area contributed by atoms with Gasteiger partial charge in [0.1, 0.15) is 11.6 Å². The molecule has 0 heterocycles. The number of halogens is 2. The maximum atomic E-state index is 13.1. The summed E-state index contributed by atoms with van der Waals surface area (Å²) >= 11 is 0. The van der Waals surface area contributed by atoms with E-state index in [2.05, 4.69) is 0 Å². The number of carboxylic acid groups (broad SMARTS) is 1. The Morgan fingerprint density at radius 2 is 1.79 bits per heavy atom. The molecular formula is C9H8F2O3. The first-order valence-electron chi connectivity index (χ1n) is 3.83. The predicted molar refractivity (Wildman–Crippen MR) is 44.0 cm³/mol. The van der Waals surface area contributed by atoms with Crippen molar-refractivity contribution in [1.82, 2.24) is 0 Å². The minimum absolute atomic E-state index is 0.482. The first kappa shape index (κ1) is 10.6. The van der Waals surface area contributed by atoms with Gasteiger partial charge in [-0.3, -0.25) is 0 Å². The molecule has 0 saturated carbocycles. The Kier molecular flexibility index (Phi) is 2.81. The van der Waals surface area contributed by atoms with E-state index in [-0.39, 0.29) is 0 Å². The van der Waals surface area contributed by atoms with Gasteiger partial charge in [-0.15, -0.1) is 0 Å². The van der Waals surface area contributed by atoms with Crippen molar-refractivity contribution in [2.75, 3.05) is 0 Å². The maximum absolute atomic E-state index is 13.1. The average molecular weight is 202 g/mol. The summed E-state index contributed by atoms with van der Waals surface area (Å²) in [7, 11) is 0. The van der Waals surface area contributed by atoms with E-state index in [0.29, 0.717) is 12.1 Å². The third-order valence-corrected chi connectivity index (χ3v) is 1.74. The average Bonchev–Trinajstić information content (AvgIpc) is 2.01. The van der Waals surface area contributed by atoms with Crippen LogP contribution in [0.4, 0.5) is 8.78 Å². The number of aromatic carboxylic acids is 1. The summed E-state index contributed by atoms with van der Waals surface area (Å²) in [4.78, 5) is 10.4. The summed E-state index contributed by atoms with van der Waals surface area (Å²) in [6.45, 7) is 1.20. The molecular weight excluding hydrogens is 194 g/mol. The minimum Gasteiger partial charge on any atom is -0.478 e. The Balaban J connectivity index is 3.32. The standard InChI is InChI=1S/C9H8F2O3/c1-4(12)8-6(10)2-5(9(13)14)3-7(8)11/h2-4,12H,1H3,(H,13,14). The van der Waals surface area contributed by atoms with E-state index in [1.54, 1.807) is 0 Å². The van der Waals surface area contributed by atoms with Gasteiger partial charge in [0.15, 0.2) is 0 Å². The van der Waals surface area contributed by atoms with Gasteiger partial charge in [-0.25, -0.2) is 13.6 Å². The van der Waals surface area contributed by atoms with Crippen molar-refractivity contribution in [2.24, 2.45) is 0 Å². The molecule has 0 radical (unpaired) electrons. The molecule has 1 rings (SSSR count). The molecule has 76 valence electrons. The fourth-order valence-electron chi connectivity index (χ4n) is 1.11. The molecule has 1 atom stereocenters. The zero-order chi connectivity index (χ0) is 10.9. The number of aliphatic hydroxyl groups is 1. The summed E-state index contributed by atoms with van der Waals surface area (Å²) in [5.41, 5.74) is -1.00. The van der Waals surface area contributed by atoms with Gasteiger partial charge in [0.05, 0.1) is 17.2 Å². The van der Waals surface area contributed by atoms with Crippen LogP contribution in [0.2, 0.25) is 0 Å². The van der Waals surface area contributed by atoms with Crippen LogP contribution in [0.15, 0.2) is 12.1 Å². The number of hydrogen-bond acceptors (Lipinski definition) is 2. The molecule has 2 N–H and O–H groups in total. The van der Waals surface area contributed by atoms with Crippen molar-refractivity contribution in [3.8, 4) is 0 Å². The van der Waals surface area contributed by atoms with Crippen LogP contribution in [0.1, 0.15) is 28.9 Å². The molecule has 3 nitrogen and oxygen atoms in total. The Morgan fingerprint density at radius 1 is 1.36 bits per heavy atom. The molecule has 0 bridgehead atoms. The van der Waals surface area contributed by atoms with Crippen molar-refractivity contribution < 1.29 is 23.8 Å². The summed E-state index contributed by atoms with van der Waals surface area (Å²) in [5.74, 6) is -3.53. The van der Waals surface area contributed by atoms with Crippen molar-refractivity contribution in [3.63, 3.8) is 0 Å². The van der Waals surface area contributed by atoms with Gasteiger partial charge in [-0.05, 0) is 19.1 Å². The molecule has 0 spiro atoms. The lowest BCUT2D eigenvalue weighted by Crippen LogP contribution is -2.05. The first-order chi connectivity index (χ1) is 6.43. The van der Waals surface area contributed by atoms with Crippen molar-refractivity contribution in [3.05, 3.63) is 34.9 Å². The summed E-state index contributed by atoms with van der Waals surface area (Å²) in [5, 5.41) is 17.5. The van der Waals surface area contributed by atoms with E-state index in [0.717, 1.165) is 0 Å². The summed E-state index contributed by atoms with van der Waals surface area (Å²) < 4.78 is 26.1. The summed E-state index contributed by atoms with van der Waals surface area (Å²) in [6, 6.07) is 1.35. The van der Waals surface area contributed by atoms with Crippen molar-refractivity contribution in [1.29, 1.82) is 0 Å². The van der Waals surface area contributed by atoms with Crippen LogP contribution in [0, 0.1) is 11.6 Å². The zero-order valence-electron chi connectivity index (χ0n) is 7.29. The normalized spacial score (nSPS) is 12.6. The molecule has 0 aliphatic carbocycles. The number of carbonyl (C=O) groups is 1. The van der Waals surface area contributed by atoms with Gasteiger partial charge < -0.3 is 10.2 Å². The van der Waals surface area contributed by atoms with Crippen LogP contribution in [0.5, 0.6) is 0 Å². The number of carboxylic acids is 1. The third-order valence-electron chi connectivity index (χ3n) is 1.74. The van der Waals surface area contributed by atoms with Crippen LogP contribution in [-0.2, 0) is 0 Å². The Bertz CT molecular complexity index is 351. The van der Waals surface area contributed by atoms with Gasteiger partial charge in [0.2, 0.25) is 0 Å². The second-order valence-corrected chi connectivity index (χ2v) is 2.83. The SMILES string of the molecule is CC(O)c1c(F)cc(C(=O)O)cc1F. The molecule has 0 fully saturated rings. The third kappa shape index (κ3) is 1.88. The molecule has 0 amide bonds. The second-order valence-electron chi connectivity index (χ2n) is 2.83. The zero-order valence-corrected chi connectivity index (χ0v) is 7.29. The van der Waals surface area contributed by atoms with E-state index >= 15 is 0 Å². The van der Waals surface area contributed by atoms with Gasteiger partial charge >= 0.3 is 5.97 Å². The minimum atomic E-state index is -1.42. The van der Waals surface area contributed by atoms with Gasteiger partial charge in [0.25, 0.3) is 0 Å². The van der Waals surface area contributed by atoms with Gasteiger partial charge in [0, 0.05) is 0 Å². The molecule has 0 aliphatic rings. The molecule has 1 aromatic carbocycles. The quantitative estimate of drug-likeness (QED) is 0.767. The predicted octanol–water partition coefficient (Wildman–Crippen LogP) is 1.72. The molecule has 1 aromatic rings. The van der Waals surface area contributed by atoms with E-state index in [4.69, 9.17) is 10.2 Å². The lowest BCUT2D eigenvalue weighted by atomic mass is 10.1. The van der Waals surface area contributed by atoms with Crippen molar-refractivity contribution in [2.45, 2.75) is 13.0 Å². The van der Waals surface area contributed by atoms with Crippen LogP contribution in [0.25, 0.3) is 0 Å². The molecule has 14 heavy (non-hydrogen) atoms. The Hall–Kier alpha value is -1.49. The van der Waals surface area contributed by atoms with Gasteiger partial charge in [-0.1, -0.05) is 0 Å². The number of hydrogen-bond donors (Lipinski definition) is 2. The molecule has 0 aliphatic heterocycles. The van der Waals surface area contributed by atoms with E-state index < -0.39 is 34.8 Å². The van der Waals surface area contributed by atoms with Crippen molar-refractivity contribution >= 4 is 5.97 Å². The lowest BCUT2D eigenvalue weighted by Gasteiger charge is -2.08. The monoisotopic (exact) mass is 202 g/mol. The van der Waals surface area contributed by atoms with Gasteiger partial charge in [-0.2, -0.15) is 0 Å². The molecule has 1 unspecified atom stereocenters. The Morgan fingerprint density at radius 3 is 2.07 bits per heavy atom. The number of rotatable bonds is 2. The van der Waals surface area contributed by atoms with E-state index in [1.807, 2.05) is 0 Å². The van der Waals surface area contributed by atoms with E-state index in [1.165, 1.54) is 6.92 Å². The van der Waals surface area contributed by atoms with E-state index in [9.17, 15) is 13.6 Å². The van der Waals surface area contributed by atoms with Crippen LogP contribution >= 0.6 is 0 Å². The van der Waals surface area contributed by atoms with Crippen LogP contribution in [0.3, 0.4) is 0 Å².